The van der Waals surface area contributed by atoms with Crippen molar-refractivity contribution in [3.05, 3.63) is 0 Å². The quantitative estimate of drug-likeness (QED) is 0.497. The molecule has 0 aromatic heterocycles. The van der Waals surface area contributed by atoms with E-state index in [9.17, 15) is 9.59 Å². The minimum Gasteiger partial charge on any atom is -0.368 e. The third-order valence-corrected chi connectivity index (χ3v) is 2.13. The highest BCUT2D eigenvalue weighted by molar-refractivity contribution is 5.78. The van der Waals surface area contributed by atoms with Crippen molar-refractivity contribution in [1.82, 2.24) is 5.48 Å². The second-order valence-corrected chi connectivity index (χ2v) is 4.03. The summed E-state index contributed by atoms with van der Waals surface area (Å²) in [5.74, 6) is -1.03. The third-order valence-electron chi connectivity index (χ3n) is 2.13. The summed E-state index contributed by atoms with van der Waals surface area (Å²) >= 11 is 0. The lowest BCUT2D eigenvalue weighted by Crippen LogP contribution is -2.33. The van der Waals surface area contributed by atoms with Crippen LogP contribution < -0.4 is 16.9 Å². The molecule has 0 bridgehead atoms. The maximum Gasteiger partial charge on any atom is 0.246 e. The Morgan fingerprint density at radius 2 is 1.94 bits per heavy atom. The predicted octanol–water partition coefficient (Wildman–Crippen LogP) is -0.327. The Morgan fingerprint density at radius 1 is 1.31 bits per heavy atom. The number of hydrogen-bond acceptors (Lipinski definition) is 4. The molecule has 0 saturated heterocycles. The van der Waals surface area contributed by atoms with Gasteiger partial charge in [-0.3, -0.25) is 14.4 Å². The van der Waals surface area contributed by atoms with Crippen LogP contribution in [0.4, 0.5) is 0 Å². The van der Waals surface area contributed by atoms with E-state index in [2.05, 4.69) is 10.3 Å². The Labute approximate surface area is 95.6 Å². The summed E-state index contributed by atoms with van der Waals surface area (Å²) in [5, 5.41) is 0. The van der Waals surface area contributed by atoms with Crippen molar-refractivity contribution >= 4 is 11.8 Å². The van der Waals surface area contributed by atoms with E-state index in [-0.39, 0.29) is 24.5 Å². The average molecular weight is 231 g/mol. The number of hydrogen-bond donors (Lipinski definition) is 3. The molecule has 2 atom stereocenters. The molecule has 0 heterocycles. The molecule has 0 saturated carbocycles. The van der Waals surface area contributed by atoms with Crippen molar-refractivity contribution in [3.63, 3.8) is 0 Å². The van der Waals surface area contributed by atoms with E-state index in [0.717, 1.165) is 19.3 Å². The van der Waals surface area contributed by atoms with Crippen LogP contribution >= 0.6 is 0 Å². The lowest BCUT2D eigenvalue weighted by atomic mass is 10.0. The molecule has 0 radical (unpaired) electrons. The Morgan fingerprint density at radius 3 is 2.44 bits per heavy atom. The van der Waals surface area contributed by atoms with Crippen LogP contribution in [0.5, 0.6) is 0 Å². The van der Waals surface area contributed by atoms with Crippen molar-refractivity contribution in [2.45, 2.75) is 39.2 Å². The van der Waals surface area contributed by atoms with Gasteiger partial charge in [0.05, 0.1) is 0 Å². The maximum absolute atomic E-state index is 11.4. The average Bonchev–Trinajstić information content (AvgIpc) is 2.16. The summed E-state index contributed by atoms with van der Waals surface area (Å²) in [5.41, 5.74) is 12.6. The summed E-state index contributed by atoms with van der Waals surface area (Å²) in [6, 6.07) is 0.154. The fourth-order valence-electron chi connectivity index (χ4n) is 1.16. The summed E-state index contributed by atoms with van der Waals surface area (Å²) in [6.07, 6.45) is 2.52. The highest BCUT2D eigenvalue weighted by Gasteiger charge is 2.12. The van der Waals surface area contributed by atoms with Crippen molar-refractivity contribution in [3.8, 4) is 0 Å². The van der Waals surface area contributed by atoms with Gasteiger partial charge in [0, 0.05) is 12.0 Å². The first-order valence-corrected chi connectivity index (χ1v) is 5.39. The predicted molar refractivity (Wildman–Crippen MR) is 60.0 cm³/mol. The molecule has 5 N–H and O–H groups in total. The molecular formula is C10H21N3O3. The molecule has 0 rings (SSSR count). The molecule has 0 aliphatic rings. The Bertz CT molecular complexity index is 231. The Kier molecular flexibility index (Phi) is 7.49. The lowest BCUT2D eigenvalue weighted by molar-refractivity contribution is -0.141. The zero-order valence-corrected chi connectivity index (χ0v) is 9.86. The van der Waals surface area contributed by atoms with Crippen molar-refractivity contribution in [2.24, 2.45) is 17.4 Å². The van der Waals surface area contributed by atoms with Gasteiger partial charge in [-0.2, -0.15) is 0 Å². The second kappa shape index (κ2) is 8.06. The number of hydroxylamine groups is 1. The van der Waals surface area contributed by atoms with Gasteiger partial charge >= 0.3 is 0 Å². The van der Waals surface area contributed by atoms with Gasteiger partial charge in [-0.1, -0.05) is 13.3 Å². The van der Waals surface area contributed by atoms with Crippen LogP contribution in [0.2, 0.25) is 0 Å². The summed E-state index contributed by atoms with van der Waals surface area (Å²) in [6.45, 7) is 3.42. The Balaban J connectivity index is 3.61. The molecule has 0 aliphatic heterocycles. The smallest absolute Gasteiger partial charge is 0.246 e. The van der Waals surface area contributed by atoms with E-state index in [1.165, 1.54) is 0 Å². The van der Waals surface area contributed by atoms with Gasteiger partial charge in [0.15, 0.2) is 6.61 Å². The fourth-order valence-corrected chi connectivity index (χ4v) is 1.16. The van der Waals surface area contributed by atoms with Gasteiger partial charge in [-0.05, 0) is 19.8 Å². The number of carbonyl (C=O) groups is 2. The number of nitrogens with one attached hydrogen (secondary N) is 1. The molecular weight excluding hydrogens is 210 g/mol. The maximum atomic E-state index is 11.4. The first-order chi connectivity index (χ1) is 7.43. The normalized spacial score (nSPS) is 14.2. The van der Waals surface area contributed by atoms with Crippen LogP contribution in [0.25, 0.3) is 0 Å². The van der Waals surface area contributed by atoms with E-state index in [4.69, 9.17) is 11.5 Å². The topological polar surface area (TPSA) is 107 Å². The van der Waals surface area contributed by atoms with E-state index >= 15 is 0 Å². The van der Waals surface area contributed by atoms with Crippen LogP contribution in [0, 0.1) is 5.92 Å². The molecule has 6 heteroatoms. The van der Waals surface area contributed by atoms with E-state index in [1.54, 1.807) is 6.92 Å². The summed E-state index contributed by atoms with van der Waals surface area (Å²) in [7, 11) is 0. The zero-order chi connectivity index (χ0) is 12.6. The van der Waals surface area contributed by atoms with Crippen LogP contribution in [0.1, 0.15) is 33.1 Å². The van der Waals surface area contributed by atoms with E-state index in [0.29, 0.717) is 0 Å². The number of primary amides is 1. The molecule has 0 fully saturated rings. The third kappa shape index (κ3) is 8.19. The summed E-state index contributed by atoms with van der Waals surface area (Å²) in [4.78, 5) is 26.3. The van der Waals surface area contributed by atoms with Crippen LogP contribution in [-0.4, -0.2) is 24.5 Å². The van der Waals surface area contributed by atoms with Gasteiger partial charge in [0.2, 0.25) is 11.8 Å². The largest absolute Gasteiger partial charge is 0.368 e. The first-order valence-electron chi connectivity index (χ1n) is 5.39. The highest BCUT2D eigenvalue weighted by atomic mass is 16.7. The van der Waals surface area contributed by atoms with Crippen LogP contribution in [0.3, 0.4) is 0 Å². The van der Waals surface area contributed by atoms with Crippen molar-refractivity contribution in [1.29, 1.82) is 0 Å². The number of amides is 2. The fraction of sp³-hybridized carbons (Fsp3) is 0.800. The highest BCUT2D eigenvalue weighted by Crippen LogP contribution is 2.08. The molecule has 2 amide bonds. The second-order valence-electron chi connectivity index (χ2n) is 4.03. The number of carbonyl (C=O) groups excluding carboxylic acids is 2. The summed E-state index contributed by atoms with van der Waals surface area (Å²) < 4.78 is 0. The van der Waals surface area contributed by atoms with E-state index in [1.807, 2.05) is 6.92 Å². The molecule has 6 nitrogen and oxygen atoms in total. The molecule has 0 aliphatic carbocycles. The monoisotopic (exact) mass is 231 g/mol. The first kappa shape index (κ1) is 14.9. The number of rotatable bonds is 8. The van der Waals surface area contributed by atoms with Gasteiger partial charge in [0.1, 0.15) is 0 Å². The van der Waals surface area contributed by atoms with Crippen molar-refractivity contribution < 1.29 is 14.4 Å². The molecule has 94 valence electrons. The van der Waals surface area contributed by atoms with Crippen LogP contribution in [-0.2, 0) is 14.4 Å². The molecule has 0 spiro atoms. The number of nitrogens with two attached hydrogens (primary N) is 2. The molecule has 16 heavy (non-hydrogen) atoms. The minimum absolute atomic E-state index is 0.154. The standard InChI is InChI=1S/C10H21N3O3/c1-7(4-3-5-8(2)11)10(15)13-16-6-9(12)14/h7-8H,3-6,11H2,1-2H3,(H2,12,14)(H,13,15). The van der Waals surface area contributed by atoms with Gasteiger partial charge in [-0.15, -0.1) is 0 Å². The SMILES string of the molecule is CC(N)CCCC(C)C(=O)NOCC(N)=O. The molecule has 2 unspecified atom stereocenters. The van der Waals surface area contributed by atoms with E-state index < -0.39 is 5.91 Å². The van der Waals surface area contributed by atoms with Gasteiger partial charge < -0.3 is 11.5 Å². The zero-order valence-electron chi connectivity index (χ0n) is 9.86. The molecule has 0 aromatic rings. The van der Waals surface area contributed by atoms with Crippen LogP contribution in [0.15, 0.2) is 0 Å². The van der Waals surface area contributed by atoms with Gasteiger partial charge in [0.25, 0.3) is 0 Å². The lowest BCUT2D eigenvalue weighted by Gasteiger charge is -2.12. The van der Waals surface area contributed by atoms with Gasteiger partial charge in [-0.25, -0.2) is 5.48 Å². The van der Waals surface area contributed by atoms with Crippen molar-refractivity contribution in [2.75, 3.05) is 6.61 Å². The Hall–Kier alpha value is -1.14. The molecule has 0 aromatic carbocycles. The minimum atomic E-state index is -0.620.